The molecule has 0 bridgehead atoms. The van der Waals surface area contributed by atoms with Gasteiger partial charge in [-0.05, 0) is 72.5 Å². The first-order chi connectivity index (χ1) is 19.8. The van der Waals surface area contributed by atoms with E-state index in [4.69, 9.17) is 30.5 Å². The van der Waals surface area contributed by atoms with Crippen LogP contribution in [-0.2, 0) is 22.7 Å². The van der Waals surface area contributed by atoms with Crippen molar-refractivity contribution in [3.05, 3.63) is 87.9 Å². The fourth-order valence-electron chi connectivity index (χ4n) is 4.07. The van der Waals surface area contributed by atoms with E-state index in [1.54, 1.807) is 48.5 Å². The highest BCUT2D eigenvalue weighted by Crippen LogP contribution is 2.32. The largest absolute Gasteiger partial charge is 0.493 e. The second kappa shape index (κ2) is 13.7. The minimum atomic E-state index is -0.802. The highest BCUT2D eigenvalue weighted by atomic mass is 35.5. The number of carbonyl (C=O) groups excluding carboxylic acids is 3. The fraction of sp³-hybridized carbons (Fsp3) is 0.258. The Bertz CT molecular complexity index is 1450. The van der Waals surface area contributed by atoms with Gasteiger partial charge in [-0.1, -0.05) is 42.8 Å². The molecule has 0 aliphatic carbocycles. The number of methoxy groups -OCH3 is 1. The summed E-state index contributed by atoms with van der Waals surface area (Å²) in [4.78, 5) is 39.6. The van der Waals surface area contributed by atoms with Crippen LogP contribution in [0, 0.1) is 0 Å². The first kappa shape index (κ1) is 29.5. The van der Waals surface area contributed by atoms with E-state index in [1.807, 2.05) is 26.0 Å². The summed E-state index contributed by atoms with van der Waals surface area (Å²) in [6.07, 6.45) is 2.26. The lowest BCUT2D eigenvalue weighted by atomic mass is 10.1. The molecule has 4 rings (SSSR count). The maximum atomic E-state index is 13.3. The van der Waals surface area contributed by atoms with Crippen molar-refractivity contribution in [2.24, 2.45) is 0 Å². The Labute approximate surface area is 243 Å². The Balaban J connectivity index is 1.54. The smallest absolute Gasteiger partial charge is 0.331 e. The number of hydrogen-bond acceptors (Lipinski definition) is 7. The number of ether oxygens (including phenoxy) is 4. The van der Waals surface area contributed by atoms with Crippen LogP contribution in [-0.4, -0.2) is 43.1 Å². The SMILES string of the molecule is CCCOc1ccc(CN2C(=O)NC(=O)/C(=C\c3ccc(OCc4ccc(Cl)cc4)c(OCC)c3)C2=O)cc1OC. The van der Waals surface area contributed by atoms with E-state index in [2.05, 4.69) is 5.32 Å². The molecule has 9 nitrogen and oxygen atoms in total. The van der Waals surface area contributed by atoms with Gasteiger partial charge >= 0.3 is 6.03 Å². The van der Waals surface area contributed by atoms with Crippen LogP contribution in [0.1, 0.15) is 37.0 Å². The van der Waals surface area contributed by atoms with Crippen LogP contribution in [0.25, 0.3) is 6.08 Å². The highest BCUT2D eigenvalue weighted by molar-refractivity contribution is 6.31. The lowest BCUT2D eigenvalue weighted by Gasteiger charge is -2.26. The van der Waals surface area contributed by atoms with E-state index < -0.39 is 17.8 Å². The molecule has 1 fully saturated rings. The average Bonchev–Trinajstić information content (AvgIpc) is 2.97. The number of carbonyl (C=O) groups is 3. The zero-order valence-electron chi connectivity index (χ0n) is 23.1. The zero-order valence-corrected chi connectivity index (χ0v) is 23.8. The van der Waals surface area contributed by atoms with E-state index in [0.29, 0.717) is 59.0 Å². The summed E-state index contributed by atoms with van der Waals surface area (Å²) >= 11 is 5.95. The number of amides is 4. The van der Waals surface area contributed by atoms with Gasteiger partial charge in [0, 0.05) is 5.02 Å². The molecule has 3 aromatic rings. The monoisotopic (exact) mass is 578 g/mol. The molecule has 1 heterocycles. The predicted octanol–water partition coefficient (Wildman–Crippen LogP) is 5.78. The lowest BCUT2D eigenvalue weighted by molar-refractivity contribution is -0.130. The number of rotatable bonds is 12. The molecule has 0 radical (unpaired) electrons. The molecule has 0 atom stereocenters. The molecule has 3 aromatic carbocycles. The minimum Gasteiger partial charge on any atom is -0.493 e. The predicted molar refractivity (Wildman–Crippen MR) is 154 cm³/mol. The second-order valence-electron chi connectivity index (χ2n) is 9.10. The normalized spacial score (nSPS) is 14.2. The van der Waals surface area contributed by atoms with Gasteiger partial charge in [0.25, 0.3) is 11.8 Å². The third kappa shape index (κ3) is 7.37. The van der Waals surface area contributed by atoms with Gasteiger partial charge in [0.05, 0.1) is 26.9 Å². The van der Waals surface area contributed by atoms with Crippen molar-refractivity contribution in [2.45, 2.75) is 33.4 Å². The second-order valence-corrected chi connectivity index (χ2v) is 9.53. The molecule has 1 N–H and O–H groups in total. The van der Waals surface area contributed by atoms with Crippen molar-refractivity contribution in [3.8, 4) is 23.0 Å². The van der Waals surface area contributed by atoms with Gasteiger partial charge in [0.15, 0.2) is 23.0 Å². The summed E-state index contributed by atoms with van der Waals surface area (Å²) in [7, 11) is 1.51. The molecule has 4 amide bonds. The molecule has 1 saturated heterocycles. The number of nitrogens with zero attached hydrogens (tertiary/aromatic N) is 1. The first-order valence-corrected chi connectivity index (χ1v) is 13.5. The average molecular weight is 579 g/mol. The van der Waals surface area contributed by atoms with Crippen molar-refractivity contribution in [2.75, 3.05) is 20.3 Å². The van der Waals surface area contributed by atoms with Crippen LogP contribution >= 0.6 is 11.6 Å². The Kier molecular flexibility index (Phi) is 9.86. The van der Waals surface area contributed by atoms with Gasteiger partial charge in [-0.25, -0.2) is 4.79 Å². The molecule has 0 saturated carbocycles. The van der Waals surface area contributed by atoms with Gasteiger partial charge in [-0.2, -0.15) is 0 Å². The number of hydrogen-bond donors (Lipinski definition) is 1. The van der Waals surface area contributed by atoms with Crippen LogP contribution in [0.3, 0.4) is 0 Å². The summed E-state index contributed by atoms with van der Waals surface area (Å²) in [5.74, 6) is 0.497. The van der Waals surface area contributed by atoms with Crippen molar-refractivity contribution >= 4 is 35.5 Å². The molecule has 1 aliphatic heterocycles. The summed E-state index contributed by atoms with van der Waals surface area (Å²) in [5.41, 5.74) is 1.90. The number of nitrogens with one attached hydrogen (secondary N) is 1. The molecule has 0 unspecified atom stereocenters. The maximum Gasteiger partial charge on any atom is 0.331 e. The summed E-state index contributed by atoms with van der Waals surface area (Å²) in [6, 6.07) is 16.7. The van der Waals surface area contributed by atoms with Gasteiger partial charge in [0.1, 0.15) is 12.2 Å². The van der Waals surface area contributed by atoms with Gasteiger partial charge in [0.2, 0.25) is 0 Å². The van der Waals surface area contributed by atoms with E-state index in [9.17, 15) is 14.4 Å². The molecule has 1 aliphatic rings. The number of imide groups is 2. The number of urea groups is 1. The Hall–Kier alpha value is -4.50. The number of benzene rings is 3. The quantitative estimate of drug-likeness (QED) is 0.215. The van der Waals surface area contributed by atoms with E-state index in [-0.39, 0.29) is 12.1 Å². The zero-order chi connectivity index (χ0) is 29.4. The summed E-state index contributed by atoms with van der Waals surface area (Å²) in [5, 5.41) is 2.89. The molecule has 41 heavy (non-hydrogen) atoms. The van der Waals surface area contributed by atoms with Crippen LogP contribution in [0.15, 0.2) is 66.2 Å². The topological polar surface area (TPSA) is 103 Å². The third-order valence-electron chi connectivity index (χ3n) is 6.10. The molecular formula is C31H31ClN2O7. The molecule has 0 aromatic heterocycles. The van der Waals surface area contributed by atoms with E-state index >= 15 is 0 Å². The highest BCUT2D eigenvalue weighted by Gasteiger charge is 2.36. The lowest BCUT2D eigenvalue weighted by Crippen LogP contribution is -2.53. The Morgan fingerprint density at radius 2 is 1.54 bits per heavy atom. The van der Waals surface area contributed by atoms with Crippen LogP contribution in [0.4, 0.5) is 4.79 Å². The molecule has 214 valence electrons. The van der Waals surface area contributed by atoms with Crippen molar-refractivity contribution in [1.82, 2.24) is 10.2 Å². The molecular weight excluding hydrogens is 548 g/mol. The van der Waals surface area contributed by atoms with E-state index in [0.717, 1.165) is 16.9 Å². The first-order valence-electron chi connectivity index (χ1n) is 13.2. The van der Waals surface area contributed by atoms with Crippen LogP contribution in [0.5, 0.6) is 23.0 Å². The van der Waals surface area contributed by atoms with Crippen LogP contribution in [0.2, 0.25) is 5.02 Å². The minimum absolute atomic E-state index is 0.0681. The van der Waals surface area contributed by atoms with Crippen molar-refractivity contribution in [1.29, 1.82) is 0 Å². The van der Waals surface area contributed by atoms with E-state index in [1.165, 1.54) is 13.2 Å². The standard InChI is InChI=1S/C31H31ClN2O7/c1-4-14-40-25-13-9-22(17-27(25)38-3)18-34-30(36)24(29(35)33-31(34)37)15-21-8-12-26(28(16-21)39-5-2)41-19-20-6-10-23(32)11-7-20/h6-13,15-17H,4-5,14,18-19H2,1-3H3,(H,33,35,37)/b24-15+. The maximum absolute atomic E-state index is 13.3. The number of barbiturate groups is 1. The van der Waals surface area contributed by atoms with Crippen LogP contribution < -0.4 is 24.3 Å². The molecule has 10 heteroatoms. The fourth-order valence-corrected chi connectivity index (χ4v) is 4.20. The van der Waals surface area contributed by atoms with Crippen molar-refractivity contribution < 1.29 is 33.3 Å². The molecule has 0 spiro atoms. The Morgan fingerprint density at radius 3 is 2.24 bits per heavy atom. The third-order valence-corrected chi connectivity index (χ3v) is 6.35. The summed E-state index contributed by atoms with van der Waals surface area (Å²) < 4.78 is 22.8. The van der Waals surface area contributed by atoms with Gasteiger partial charge in [-0.3, -0.25) is 19.8 Å². The van der Waals surface area contributed by atoms with Crippen molar-refractivity contribution in [3.63, 3.8) is 0 Å². The number of halogens is 1. The summed E-state index contributed by atoms with van der Waals surface area (Å²) in [6.45, 7) is 4.97. The van der Waals surface area contributed by atoms with Gasteiger partial charge < -0.3 is 18.9 Å². The van der Waals surface area contributed by atoms with Gasteiger partial charge in [-0.15, -0.1) is 0 Å². The Morgan fingerprint density at radius 1 is 0.829 bits per heavy atom.